The highest BCUT2D eigenvalue weighted by Crippen LogP contribution is 2.19. The summed E-state index contributed by atoms with van der Waals surface area (Å²) in [6.07, 6.45) is 9.09. The zero-order valence-corrected chi connectivity index (χ0v) is 10.2. The van der Waals surface area contributed by atoms with E-state index in [0.717, 1.165) is 5.92 Å². The van der Waals surface area contributed by atoms with Gasteiger partial charge in [0.05, 0.1) is 0 Å². The zero-order chi connectivity index (χ0) is 11.2. The summed E-state index contributed by atoms with van der Waals surface area (Å²) < 4.78 is 0. The Kier molecular flexibility index (Phi) is 4.34. The van der Waals surface area contributed by atoms with Crippen LogP contribution in [0.1, 0.15) is 31.7 Å². The summed E-state index contributed by atoms with van der Waals surface area (Å²) in [5.41, 5.74) is 1.41. The second-order valence-electron chi connectivity index (χ2n) is 4.80. The highest BCUT2D eigenvalue weighted by Gasteiger charge is 2.16. The van der Waals surface area contributed by atoms with Gasteiger partial charge >= 0.3 is 0 Å². The van der Waals surface area contributed by atoms with E-state index >= 15 is 0 Å². The molecule has 0 radical (unpaired) electrons. The Labute approximate surface area is 98.7 Å². The topological polar surface area (TPSA) is 16.1 Å². The number of aromatic nitrogens is 1. The van der Waals surface area contributed by atoms with Gasteiger partial charge in [0, 0.05) is 18.9 Å². The normalized spacial score (nSPS) is 18.8. The molecule has 2 nitrogen and oxygen atoms in total. The van der Waals surface area contributed by atoms with E-state index in [9.17, 15) is 0 Å². The number of pyridine rings is 1. The van der Waals surface area contributed by atoms with Gasteiger partial charge in [-0.1, -0.05) is 13.3 Å². The molecule has 0 bridgehead atoms. The zero-order valence-electron chi connectivity index (χ0n) is 10.2. The third-order valence-corrected chi connectivity index (χ3v) is 3.75. The summed E-state index contributed by atoms with van der Waals surface area (Å²) in [6, 6.07) is 4.25. The van der Waals surface area contributed by atoms with Crippen molar-refractivity contribution in [1.82, 2.24) is 9.88 Å². The summed E-state index contributed by atoms with van der Waals surface area (Å²) in [4.78, 5) is 6.65. The minimum Gasteiger partial charge on any atom is -0.303 e. The number of hydrogen-bond acceptors (Lipinski definition) is 2. The van der Waals surface area contributed by atoms with Crippen LogP contribution in [0.5, 0.6) is 0 Å². The summed E-state index contributed by atoms with van der Waals surface area (Å²) in [6.45, 7) is 6.12. The fraction of sp³-hybridized carbons (Fsp3) is 0.643. The molecule has 88 valence electrons. The van der Waals surface area contributed by atoms with E-state index in [0.29, 0.717) is 0 Å². The molecule has 0 unspecified atom stereocenters. The SMILES string of the molecule is CCC1CCN(CCc2ccncc2)CC1. The number of nitrogens with zero attached hydrogens (tertiary/aromatic N) is 2. The van der Waals surface area contributed by atoms with E-state index in [-0.39, 0.29) is 0 Å². The molecule has 0 spiro atoms. The third-order valence-electron chi connectivity index (χ3n) is 3.75. The van der Waals surface area contributed by atoms with Gasteiger partial charge < -0.3 is 4.90 Å². The lowest BCUT2D eigenvalue weighted by molar-refractivity contribution is 0.184. The quantitative estimate of drug-likeness (QED) is 0.772. The fourth-order valence-corrected chi connectivity index (χ4v) is 2.45. The van der Waals surface area contributed by atoms with Crippen LogP contribution in [0.25, 0.3) is 0 Å². The number of rotatable bonds is 4. The predicted octanol–water partition coefficient (Wildman–Crippen LogP) is 2.75. The molecule has 0 saturated carbocycles. The van der Waals surface area contributed by atoms with Crippen LogP contribution in [0.3, 0.4) is 0 Å². The van der Waals surface area contributed by atoms with Crippen molar-refractivity contribution in [3.63, 3.8) is 0 Å². The lowest BCUT2D eigenvalue weighted by atomic mass is 9.94. The Morgan fingerprint density at radius 3 is 2.56 bits per heavy atom. The lowest BCUT2D eigenvalue weighted by Crippen LogP contribution is -2.34. The molecule has 1 aromatic rings. The van der Waals surface area contributed by atoms with Gasteiger partial charge in [0.15, 0.2) is 0 Å². The Morgan fingerprint density at radius 2 is 1.94 bits per heavy atom. The molecule has 2 heteroatoms. The van der Waals surface area contributed by atoms with Crippen LogP contribution in [-0.2, 0) is 6.42 Å². The average Bonchev–Trinajstić information content (AvgIpc) is 2.38. The molecule has 0 N–H and O–H groups in total. The summed E-state index contributed by atoms with van der Waals surface area (Å²) in [5, 5.41) is 0. The first-order valence-electron chi connectivity index (χ1n) is 6.49. The average molecular weight is 218 g/mol. The smallest absolute Gasteiger partial charge is 0.0270 e. The Balaban J connectivity index is 1.72. The van der Waals surface area contributed by atoms with Crippen molar-refractivity contribution in [3.05, 3.63) is 30.1 Å². The van der Waals surface area contributed by atoms with Gasteiger partial charge in [0.1, 0.15) is 0 Å². The van der Waals surface area contributed by atoms with Crippen molar-refractivity contribution in [2.75, 3.05) is 19.6 Å². The first kappa shape index (κ1) is 11.6. The summed E-state index contributed by atoms with van der Waals surface area (Å²) in [5.74, 6) is 0.983. The minimum absolute atomic E-state index is 0.983. The van der Waals surface area contributed by atoms with E-state index in [1.54, 1.807) is 0 Å². The first-order chi connectivity index (χ1) is 7.88. The lowest BCUT2D eigenvalue weighted by Gasteiger charge is -2.31. The van der Waals surface area contributed by atoms with Crippen molar-refractivity contribution >= 4 is 0 Å². The molecule has 2 rings (SSSR count). The fourth-order valence-electron chi connectivity index (χ4n) is 2.45. The molecule has 1 aromatic heterocycles. The van der Waals surface area contributed by atoms with Gasteiger partial charge in [-0.25, -0.2) is 0 Å². The number of likely N-dealkylation sites (tertiary alicyclic amines) is 1. The van der Waals surface area contributed by atoms with Crippen LogP contribution >= 0.6 is 0 Å². The number of hydrogen-bond donors (Lipinski definition) is 0. The van der Waals surface area contributed by atoms with Crippen molar-refractivity contribution in [1.29, 1.82) is 0 Å². The van der Waals surface area contributed by atoms with Gasteiger partial charge in [-0.15, -0.1) is 0 Å². The Bertz CT molecular complexity index is 289. The first-order valence-corrected chi connectivity index (χ1v) is 6.49. The van der Waals surface area contributed by atoms with Gasteiger partial charge in [0.25, 0.3) is 0 Å². The minimum atomic E-state index is 0.983. The van der Waals surface area contributed by atoms with Gasteiger partial charge in [0.2, 0.25) is 0 Å². The third kappa shape index (κ3) is 3.31. The Morgan fingerprint density at radius 1 is 1.25 bits per heavy atom. The number of piperidine rings is 1. The molecule has 1 saturated heterocycles. The second-order valence-corrected chi connectivity index (χ2v) is 4.80. The summed E-state index contributed by atoms with van der Waals surface area (Å²) in [7, 11) is 0. The van der Waals surface area contributed by atoms with E-state index < -0.39 is 0 Å². The van der Waals surface area contributed by atoms with Crippen molar-refractivity contribution in [2.24, 2.45) is 5.92 Å². The molecular weight excluding hydrogens is 196 g/mol. The van der Waals surface area contributed by atoms with Crippen LogP contribution in [0.15, 0.2) is 24.5 Å². The highest BCUT2D eigenvalue weighted by atomic mass is 15.1. The molecule has 0 atom stereocenters. The Hall–Kier alpha value is -0.890. The molecule has 2 heterocycles. The van der Waals surface area contributed by atoms with Crippen molar-refractivity contribution < 1.29 is 0 Å². The van der Waals surface area contributed by atoms with Crippen LogP contribution in [0, 0.1) is 5.92 Å². The van der Waals surface area contributed by atoms with Crippen molar-refractivity contribution in [3.8, 4) is 0 Å². The molecular formula is C14H22N2. The van der Waals surface area contributed by atoms with E-state index in [1.165, 1.54) is 50.9 Å². The molecule has 1 fully saturated rings. The molecule has 0 amide bonds. The largest absolute Gasteiger partial charge is 0.303 e. The standard InChI is InChI=1S/C14H22N2/c1-2-13-5-10-16(11-6-13)12-7-14-3-8-15-9-4-14/h3-4,8-9,13H,2,5-7,10-12H2,1H3. The molecule has 16 heavy (non-hydrogen) atoms. The van der Waals surface area contributed by atoms with Gasteiger partial charge in [-0.05, 0) is 56.0 Å². The maximum atomic E-state index is 4.05. The van der Waals surface area contributed by atoms with Gasteiger partial charge in [-0.3, -0.25) is 4.98 Å². The maximum Gasteiger partial charge on any atom is 0.0270 e. The van der Waals surface area contributed by atoms with E-state index in [2.05, 4.69) is 28.9 Å². The highest BCUT2D eigenvalue weighted by molar-refractivity contribution is 5.09. The molecule has 1 aliphatic rings. The molecule has 1 aliphatic heterocycles. The molecule has 0 aliphatic carbocycles. The monoisotopic (exact) mass is 218 g/mol. The van der Waals surface area contributed by atoms with E-state index in [1.807, 2.05) is 12.4 Å². The second kappa shape index (κ2) is 6.00. The van der Waals surface area contributed by atoms with Crippen LogP contribution in [0.4, 0.5) is 0 Å². The van der Waals surface area contributed by atoms with Gasteiger partial charge in [-0.2, -0.15) is 0 Å². The summed E-state index contributed by atoms with van der Waals surface area (Å²) >= 11 is 0. The van der Waals surface area contributed by atoms with Crippen LogP contribution in [-0.4, -0.2) is 29.5 Å². The van der Waals surface area contributed by atoms with Crippen LogP contribution in [0.2, 0.25) is 0 Å². The van der Waals surface area contributed by atoms with Crippen LogP contribution < -0.4 is 0 Å². The van der Waals surface area contributed by atoms with Crippen molar-refractivity contribution in [2.45, 2.75) is 32.6 Å². The maximum absolute atomic E-state index is 4.05. The molecule has 0 aromatic carbocycles. The van der Waals surface area contributed by atoms with E-state index in [4.69, 9.17) is 0 Å². The predicted molar refractivity (Wildman–Crippen MR) is 67.4 cm³/mol.